The normalized spacial score (nSPS) is 13.3. The lowest BCUT2D eigenvalue weighted by atomic mass is 10.0. The number of aromatic nitrogens is 2. The molecule has 0 aliphatic carbocycles. The topological polar surface area (TPSA) is 129 Å². The number of hydroxylamine groups is 1. The molecule has 1 amide bonds. The lowest BCUT2D eigenvalue weighted by Crippen LogP contribution is -2.51. The van der Waals surface area contributed by atoms with E-state index in [2.05, 4.69) is 14.8 Å². The van der Waals surface area contributed by atoms with E-state index in [1.54, 1.807) is 13.8 Å². The van der Waals surface area contributed by atoms with Crippen LogP contribution in [0.5, 0.6) is 11.8 Å². The summed E-state index contributed by atoms with van der Waals surface area (Å²) in [6.07, 6.45) is 0. The monoisotopic (exact) mass is 424 g/mol. The summed E-state index contributed by atoms with van der Waals surface area (Å²) in [5.74, 6) is -0.378. The van der Waals surface area contributed by atoms with Gasteiger partial charge in [0.05, 0.1) is 33.0 Å². The number of hydrogen-bond acceptors (Lipinski definition) is 10. The van der Waals surface area contributed by atoms with Crippen LogP contribution in [0.3, 0.4) is 0 Å². The fourth-order valence-electron chi connectivity index (χ4n) is 1.71. The van der Waals surface area contributed by atoms with E-state index >= 15 is 0 Å². The van der Waals surface area contributed by atoms with Gasteiger partial charge in [-0.15, -0.1) is 0 Å². The van der Waals surface area contributed by atoms with Gasteiger partial charge in [-0.3, -0.25) is 9.63 Å². The van der Waals surface area contributed by atoms with Crippen molar-refractivity contribution in [3.8, 4) is 11.8 Å². The van der Waals surface area contributed by atoms with Crippen LogP contribution >= 0.6 is 11.8 Å². The number of methoxy groups -OCH3 is 3. The molecule has 1 atom stereocenters. The third kappa shape index (κ3) is 6.17. The Kier molecular flexibility index (Phi) is 8.23. The smallest absolute Gasteiger partial charge is 0.325 e. The molecule has 0 aliphatic heterocycles. The largest absolute Gasteiger partial charge is 0.481 e. The highest BCUT2D eigenvalue weighted by Crippen LogP contribution is 2.32. The van der Waals surface area contributed by atoms with E-state index < -0.39 is 27.0 Å². The minimum atomic E-state index is -4.19. The highest BCUT2D eigenvalue weighted by molar-refractivity contribution is 8.00. The molecule has 13 heteroatoms. The van der Waals surface area contributed by atoms with Crippen LogP contribution < -0.4 is 14.2 Å². The van der Waals surface area contributed by atoms with Crippen molar-refractivity contribution in [2.75, 3.05) is 35.5 Å². The van der Waals surface area contributed by atoms with Crippen molar-refractivity contribution in [3.05, 3.63) is 6.07 Å². The Bertz CT molecular complexity index is 736. The molecule has 0 spiro atoms. The van der Waals surface area contributed by atoms with Gasteiger partial charge in [0.15, 0.2) is 5.16 Å². The highest BCUT2D eigenvalue weighted by atomic mass is 32.2. The molecule has 1 aromatic heterocycles. The quantitative estimate of drug-likeness (QED) is 0.316. The molecular weight excluding hydrogens is 400 g/mol. The van der Waals surface area contributed by atoms with E-state index in [-0.39, 0.29) is 16.9 Å². The summed E-state index contributed by atoms with van der Waals surface area (Å²) in [5.41, 5.74) is -1.06. The van der Waals surface area contributed by atoms with Crippen LogP contribution in [-0.2, 0) is 24.6 Å². The number of hydrogen-bond donors (Lipinski definition) is 1. The Balaban J connectivity index is 3.22. The van der Waals surface area contributed by atoms with Crippen molar-refractivity contribution in [1.29, 1.82) is 0 Å². The second kappa shape index (κ2) is 9.50. The zero-order chi connectivity index (χ0) is 20.8. The van der Waals surface area contributed by atoms with Crippen molar-refractivity contribution < 1.29 is 32.3 Å². The summed E-state index contributed by atoms with van der Waals surface area (Å²) in [6, 6.07) is 1.47. The van der Waals surface area contributed by atoms with Gasteiger partial charge >= 0.3 is 10.2 Å². The number of nitrogens with zero attached hydrogens (tertiary/aromatic N) is 3. The molecule has 0 radical (unpaired) electrons. The highest BCUT2D eigenvalue weighted by Gasteiger charge is 2.39. The lowest BCUT2D eigenvalue weighted by molar-refractivity contribution is -0.123. The van der Waals surface area contributed by atoms with Gasteiger partial charge in [-0.05, 0) is 13.8 Å². The Morgan fingerprint density at radius 3 is 2.11 bits per heavy atom. The zero-order valence-corrected chi connectivity index (χ0v) is 17.8. The van der Waals surface area contributed by atoms with E-state index in [0.717, 1.165) is 25.9 Å². The molecule has 1 unspecified atom stereocenters. The van der Waals surface area contributed by atoms with E-state index in [1.165, 1.54) is 27.4 Å². The van der Waals surface area contributed by atoms with Gasteiger partial charge in [0.25, 0.3) is 5.91 Å². The van der Waals surface area contributed by atoms with Crippen molar-refractivity contribution in [2.45, 2.75) is 29.9 Å². The van der Waals surface area contributed by atoms with Crippen molar-refractivity contribution >= 4 is 27.9 Å². The summed E-state index contributed by atoms with van der Waals surface area (Å²) in [7, 11) is 2.37. The van der Waals surface area contributed by atoms with Gasteiger partial charge in [-0.1, -0.05) is 16.2 Å². The number of ether oxygens (including phenoxy) is 3. The first kappa shape index (κ1) is 23.4. The first-order chi connectivity index (χ1) is 12.5. The maximum atomic E-state index is 12.7. The summed E-state index contributed by atoms with van der Waals surface area (Å²) < 4.78 is 42.2. The maximum absolute atomic E-state index is 12.7. The molecule has 0 aromatic carbocycles. The standard InChI is InChI=1S/C14H24N4O7S2/c1-14(2,24-6)11(12(19)17-27(20,21)18(3)25-7)26-13-15-9(22-4)8-10(16-13)23-5/h8,11H,1-7H3,(H,17,19). The average Bonchev–Trinajstić information content (AvgIpc) is 2.64. The van der Waals surface area contributed by atoms with Gasteiger partial charge in [-0.25, -0.2) is 4.72 Å². The number of carbonyl (C=O) groups is 1. The molecule has 1 N–H and O–H groups in total. The first-order valence-electron chi connectivity index (χ1n) is 7.54. The molecule has 1 aromatic rings. The van der Waals surface area contributed by atoms with Crippen LogP contribution in [0.15, 0.2) is 11.2 Å². The minimum absolute atomic E-state index is 0.147. The van der Waals surface area contributed by atoms with E-state index in [9.17, 15) is 13.2 Å². The van der Waals surface area contributed by atoms with Crippen molar-refractivity contribution in [3.63, 3.8) is 0 Å². The van der Waals surface area contributed by atoms with Crippen molar-refractivity contribution in [1.82, 2.24) is 19.2 Å². The maximum Gasteiger partial charge on any atom is 0.325 e. The summed E-state index contributed by atoms with van der Waals surface area (Å²) >= 11 is 0.904. The molecule has 0 fully saturated rings. The van der Waals surface area contributed by atoms with Crippen LogP contribution in [0.4, 0.5) is 0 Å². The Hall–Kier alpha value is -1.67. The first-order valence-corrected chi connectivity index (χ1v) is 9.86. The minimum Gasteiger partial charge on any atom is -0.481 e. The number of nitrogens with one attached hydrogen (secondary N) is 1. The van der Waals surface area contributed by atoms with E-state index in [0.29, 0.717) is 4.47 Å². The summed E-state index contributed by atoms with van der Waals surface area (Å²) in [4.78, 5) is 25.6. The molecule has 0 saturated heterocycles. The third-order valence-corrected chi connectivity index (χ3v) is 6.22. The van der Waals surface area contributed by atoms with Gasteiger partial charge < -0.3 is 14.2 Å². The van der Waals surface area contributed by atoms with Crippen LogP contribution in [0, 0.1) is 0 Å². The van der Waals surface area contributed by atoms with Crippen LogP contribution in [0.25, 0.3) is 0 Å². The second-order valence-corrected chi connectivity index (χ2v) is 8.35. The Labute approximate surface area is 162 Å². The summed E-state index contributed by atoms with van der Waals surface area (Å²) in [6.45, 7) is 3.27. The second-order valence-electron chi connectivity index (χ2n) is 5.60. The fraction of sp³-hybridized carbons (Fsp3) is 0.643. The van der Waals surface area contributed by atoms with Gasteiger partial charge in [0, 0.05) is 14.2 Å². The molecule has 0 aliphatic rings. The number of rotatable bonds is 10. The number of carbonyl (C=O) groups excluding carboxylic acids is 1. The molecular formula is C14H24N4O7S2. The van der Waals surface area contributed by atoms with Gasteiger partial charge in [0.2, 0.25) is 11.8 Å². The Morgan fingerprint density at radius 1 is 1.19 bits per heavy atom. The van der Waals surface area contributed by atoms with Crippen molar-refractivity contribution in [2.24, 2.45) is 0 Å². The lowest BCUT2D eigenvalue weighted by Gasteiger charge is -2.31. The van der Waals surface area contributed by atoms with Gasteiger partial charge in [0.1, 0.15) is 5.25 Å². The third-order valence-electron chi connectivity index (χ3n) is 3.52. The molecule has 11 nitrogen and oxygen atoms in total. The average molecular weight is 425 g/mol. The van der Waals surface area contributed by atoms with E-state index in [1.807, 2.05) is 4.72 Å². The zero-order valence-electron chi connectivity index (χ0n) is 16.2. The molecule has 0 saturated carbocycles. The fourth-order valence-corrected chi connectivity index (χ4v) is 3.53. The predicted molar refractivity (Wildman–Crippen MR) is 97.7 cm³/mol. The van der Waals surface area contributed by atoms with Crippen LogP contribution in [-0.4, -0.2) is 75.1 Å². The van der Waals surface area contributed by atoms with Crippen LogP contribution in [0.1, 0.15) is 13.8 Å². The van der Waals surface area contributed by atoms with E-state index in [4.69, 9.17) is 14.2 Å². The van der Waals surface area contributed by atoms with Gasteiger partial charge in [-0.2, -0.15) is 18.4 Å². The molecule has 1 rings (SSSR count). The molecule has 1 heterocycles. The molecule has 27 heavy (non-hydrogen) atoms. The SMILES string of the molecule is COc1cc(OC)nc(SC(C(=O)NS(=O)(=O)N(C)OC)C(C)(C)OC)n1. The predicted octanol–water partition coefficient (Wildman–Crippen LogP) is 0.234. The number of thioether (sulfide) groups is 1. The molecule has 0 bridgehead atoms. The van der Waals surface area contributed by atoms with Crippen LogP contribution in [0.2, 0.25) is 0 Å². The summed E-state index contributed by atoms with van der Waals surface area (Å²) in [5, 5.41) is -0.881. The molecule has 154 valence electrons. The Morgan fingerprint density at radius 2 is 1.70 bits per heavy atom. The number of amides is 1.